The molecule has 29 heavy (non-hydrogen) atoms. The molecule has 0 aliphatic rings. The first-order valence-electron chi connectivity index (χ1n) is 8.49. The van der Waals surface area contributed by atoms with Gasteiger partial charge in [0.25, 0.3) is 5.91 Å². The molecule has 0 fully saturated rings. The topological polar surface area (TPSA) is 89.8 Å². The van der Waals surface area contributed by atoms with E-state index in [1.807, 2.05) is 6.07 Å². The van der Waals surface area contributed by atoms with E-state index in [0.29, 0.717) is 28.6 Å². The summed E-state index contributed by atoms with van der Waals surface area (Å²) >= 11 is 2.11. The lowest BCUT2D eigenvalue weighted by molar-refractivity contribution is -0.117. The SMILES string of the molecule is COc1ccc(CNC(=O)/C(C#N)=C/c2cc(I)c(OC)c(OC)c2)c(OC)c1. The van der Waals surface area contributed by atoms with Crippen LogP contribution in [0.5, 0.6) is 23.0 Å². The van der Waals surface area contributed by atoms with Crippen molar-refractivity contribution in [2.24, 2.45) is 0 Å². The molecule has 2 aromatic carbocycles. The number of methoxy groups -OCH3 is 4. The molecule has 0 heterocycles. The predicted molar refractivity (Wildman–Crippen MR) is 117 cm³/mol. The maximum atomic E-state index is 12.5. The van der Waals surface area contributed by atoms with Gasteiger partial charge in [0.15, 0.2) is 11.5 Å². The molecule has 0 spiro atoms. The fourth-order valence-corrected chi connectivity index (χ4v) is 3.45. The fraction of sp³-hybridized carbons (Fsp3) is 0.238. The number of carbonyl (C=O) groups is 1. The van der Waals surface area contributed by atoms with Crippen molar-refractivity contribution in [2.75, 3.05) is 28.4 Å². The summed E-state index contributed by atoms with van der Waals surface area (Å²) in [6, 6.07) is 10.8. The van der Waals surface area contributed by atoms with Crippen molar-refractivity contribution in [2.45, 2.75) is 6.54 Å². The third-order valence-corrected chi connectivity index (χ3v) is 4.87. The Morgan fingerprint density at radius 3 is 2.38 bits per heavy atom. The smallest absolute Gasteiger partial charge is 0.262 e. The van der Waals surface area contributed by atoms with Crippen LogP contribution in [-0.2, 0) is 11.3 Å². The molecule has 0 saturated carbocycles. The van der Waals surface area contributed by atoms with Gasteiger partial charge in [-0.25, -0.2) is 0 Å². The lowest BCUT2D eigenvalue weighted by Gasteiger charge is -2.12. The van der Waals surface area contributed by atoms with Gasteiger partial charge in [0.05, 0.1) is 32.0 Å². The number of halogens is 1. The van der Waals surface area contributed by atoms with Crippen LogP contribution >= 0.6 is 22.6 Å². The van der Waals surface area contributed by atoms with Crippen molar-refractivity contribution in [3.8, 4) is 29.1 Å². The van der Waals surface area contributed by atoms with Crippen molar-refractivity contribution in [1.29, 1.82) is 5.26 Å². The van der Waals surface area contributed by atoms with E-state index >= 15 is 0 Å². The van der Waals surface area contributed by atoms with Crippen LogP contribution < -0.4 is 24.3 Å². The normalized spacial score (nSPS) is 10.7. The molecule has 0 saturated heterocycles. The number of hydrogen-bond donors (Lipinski definition) is 1. The average Bonchev–Trinajstić information content (AvgIpc) is 2.74. The Bertz CT molecular complexity index is 966. The van der Waals surface area contributed by atoms with Gasteiger partial charge in [0, 0.05) is 18.2 Å². The summed E-state index contributed by atoms with van der Waals surface area (Å²) in [5.41, 5.74) is 1.39. The molecule has 1 N–H and O–H groups in total. The van der Waals surface area contributed by atoms with E-state index in [0.717, 1.165) is 9.13 Å². The summed E-state index contributed by atoms with van der Waals surface area (Å²) in [5, 5.41) is 12.2. The first kappa shape index (κ1) is 22.4. The van der Waals surface area contributed by atoms with Crippen LogP contribution in [0.3, 0.4) is 0 Å². The number of hydrogen-bond acceptors (Lipinski definition) is 6. The van der Waals surface area contributed by atoms with Crippen molar-refractivity contribution in [3.63, 3.8) is 0 Å². The van der Waals surface area contributed by atoms with Gasteiger partial charge in [-0.3, -0.25) is 4.79 Å². The highest BCUT2D eigenvalue weighted by molar-refractivity contribution is 14.1. The molecule has 0 aromatic heterocycles. The largest absolute Gasteiger partial charge is 0.497 e. The molecule has 1 amide bonds. The minimum absolute atomic E-state index is 0.0273. The van der Waals surface area contributed by atoms with Crippen LogP contribution in [-0.4, -0.2) is 34.3 Å². The first-order chi connectivity index (χ1) is 14.0. The van der Waals surface area contributed by atoms with Crippen LogP contribution in [0.15, 0.2) is 35.9 Å². The minimum atomic E-state index is -0.491. The van der Waals surface area contributed by atoms with Gasteiger partial charge < -0.3 is 24.3 Å². The van der Waals surface area contributed by atoms with Crippen LogP contribution in [0.4, 0.5) is 0 Å². The lowest BCUT2D eigenvalue weighted by Crippen LogP contribution is -2.24. The molecular formula is C21H21IN2O5. The summed E-state index contributed by atoms with van der Waals surface area (Å²) in [7, 11) is 6.19. The highest BCUT2D eigenvalue weighted by Crippen LogP contribution is 2.34. The molecule has 0 unspecified atom stereocenters. The monoisotopic (exact) mass is 508 g/mol. The molecular weight excluding hydrogens is 487 g/mol. The zero-order valence-corrected chi connectivity index (χ0v) is 18.7. The van der Waals surface area contributed by atoms with Gasteiger partial charge in [0.2, 0.25) is 0 Å². The quantitative estimate of drug-likeness (QED) is 0.334. The second-order valence-electron chi connectivity index (χ2n) is 5.77. The number of rotatable bonds is 8. The van der Waals surface area contributed by atoms with Crippen molar-refractivity contribution in [1.82, 2.24) is 5.32 Å². The maximum Gasteiger partial charge on any atom is 0.262 e. The Morgan fingerprint density at radius 1 is 1.07 bits per heavy atom. The highest BCUT2D eigenvalue weighted by atomic mass is 127. The van der Waals surface area contributed by atoms with E-state index in [1.165, 1.54) is 13.2 Å². The van der Waals surface area contributed by atoms with E-state index in [9.17, 15) is 10.1 Å². The summed E-state index contributed by atoms with van der Waals surface area (Å²) in [6.07, 6.45) is 1.50. The molecule has 0 bridgehead atoms. The fourth-order valence-electron chi connectivity index (χ4n) is 2.61. The average molecular weight is 508 g/mol. The molecule has 7 nitrogen and oxygen atoms in total. The molecule has 2 rings (SSSR count). The van der Waals surface area contributed by atoms with Crippen LogP contribution in [0, 0.1) is 14.9 Å². The second kappa shape index (κ2) is 10.6. The Morgan fingerprint density at radius 2 is 1.79 bits per heavy atom. The number of ether oxygens (including phenoxy) is 4. The summed E-state index contributed by atoms with van der Waals surface area (Å²) in [5.74, 6) is 1.86. The van der Waals surface area contributed by atoms with Crippen LogP contribution in [0.2, 0.25) is 0 Å². The number of nitrogens with one attached hydrogen (secondary N) is 1. The zero-order chi connectivity index (χ0) is 21.4. The number of amides is 1. The van der Waals surface area contributed by atoms with Gasteiger partial charge in [0.1, 0.15) is 23.1 Å². The lowest BCUT2D eigenvalue weighted by atomic mass is 10.1. The number of benzene rings is 2. The van der Waals surface area contributed by atoms with Crippen molar-refractivity contribution in [3.05, 3.63) is 50.6 Å². The first-order valence-corrected chi connectivity index (χ1v) is 9.57. The third-order valence-electron chi connectivity index (χ3n) is 4.07. The van der Waals surface area contributed by atoms with Gasteiger partial charge >= 0.3 is 0 Å². The summed E-state index contributed by atoms with van der Waals surface area (Å²) in [4.78, 5) is 12.5. The number of carbonyl (C=O) groups excluding carboxylic acids is 1. The van der Waals surface area contributed by atoms with Gasteiger partial charge in [-0.1, -0.05) is 0 Å². The van der Waals surface area contributed by atoms with E-state index < -0.39 is 5.91 Å². The summed E-state index contributed by atoms with van der Waals surface area (Å²) in [6.45, 7) is 0.203. The van der Waals surface area contributed by atoms with E-state index in [1.54, 1.807) is 51.7 Å². The Hall–Kier alpha value is -2.93. The Balaban J connectivity index is 2.21. The standard InChI is InChI=1S/C21H21IN2O5/c1-26-16-6-5-14(18(10-16)27-2)12-24-21(25)15(11-23)7-13-8-17(22)20(29-4)19(9-13)28-3/h5-10H,12H2,1-4H3,(H,24,25)/b15-7+. The Labute approximate surface area is 183 Å². The van der Waals surface area contributed by atoms with Crippen LogP contribution in [0.1, 0.15) is 11.1 Å². The molecule has 152 valence electrons. The Kier molecular flexibility index (Phi) is 8.15. The van der Waals surface area contributed by atoms with Crippen LogP contribution in [0.25, 0.3) is 6.08 Å². The van der Waals surface area contributed by atoms with E-state index in [2.05, 4.69) is 27.9 Å². The summed E-state index contributed by atoms with van der Waals surface area (Å²) < 4.78 is 21.9. The second-order valence-corrected chi connectivity index (χ2v) is 6.93. The zero-order valence-electron chi connectivity index (χ0n) is 16.5. The molecule has 0 radical (unpaired) electrons. The van der Waals surface area contributed by atoms with Gasteiger partial charge in [-0.05, 0) is 58.5 Å². The number of nitrogens with zero attached hydrogens (tertiary/aromatic N) is 1. The van der Waals surface area contributed by atoms with E-state index in [4.69, 9.17) is 18.9 Å². The molecule has 0 aliphatic carbocycles. The molecule has 0 aliphatic heterocycles. The van der Waals surface area contributed by atoms with Crippen molar-refractivity contribution >= 4 is 34.6 Å². The maximum absolute atomic E-state index is 12.5. The van der Waals surface area contributed by atoms with E-state index in [-0.39, 0.29) is 12.1 Å². The van der Waals surface area contributed by atoms with Gasteiger partial charge in [-0.15, -0.1) is 0 Å². The number of nitriles is 1. The highest BCUT2D eigenvalue weighted by Gasteiger charge is 2.14. The third kappa shape index (κ3) is 5.54. The van der Waals surface area contributed by atoms with Crippen molar-refractivity contribution < 1.29 is 23.7 Å². The molecule has 2 aromatic rings. The van der Waals surface area contributed by atoms with Gasteiger partial charge in [-0.2, -0.15) is 5.26 Å². The molecule has 8 heteroatoms. The minimum Gasteiger partial charge on any atom is -0.497 e. The predicted octanol–water partition coefficient (Wildman–Crippen LogP) is 3.55. The molecule has 0 atom stereocenters.